The number of benzene rings is 1. The number of methoxy groups -OCH3 is 2. The van der Waals surface area contributed by atoms with Crippen LogP contribution < -0.4 is 10.1 Å². The number of rotatable bonds is 6. The predicted octanol–water partition coefficient (Wildman–Crippen LogP) is 3.41. The molecule has 0 saturated carbocycles. The molecule has 6 heteroatoms. The Morgan fingerprint density at radius 2 is 2.19 bits per heavy atom. The van der Waals surface area contributed by atoms with Crippen LogP contribution in [0.1, 0.15) is 16.5 Å². The lowest BCUT2D eigenvalue weighted by Gasteiger charge is -2.17. The van der Waals surface area contributed by atoms with Crippen LogP contribution in [0, 0.1) is 0 Å². The number of hydrogen-bond donors (Lipinski definition) is 1. The Balaban J connectivity index is 2.19. The summed E-state index contributed by atoms with van der Waals surface area (Å²) in [5.41, 5.74) is 0.740. The van der Waals surface area contributed by atoms with Crippen LogP contribution in [0.3, 0.4) is 0 Å². The van der Waals surface area contributed by atoms with Gasteiger partial charge in [0.05, 0.1) is 19.2 Å². The van der Waals surface area contributed by atoms with E-state index < -0.39 is 6.04 Å². The molecule has 21 heavy (non-hydrogen) atoms. The van der Waals surface area contributed by atoms with Gasteiger partial charge in [-0.2, -0.15) is 0 Å². The van der Waals surface area contributed by atoms with Crippen molar-refractivity contribution in [3.05, 3.63) is 51.2 Å². The zero-order valence-electron chi connectivity index (χ0n) is 11.8. The first-order valence-corrected chi connectivity index (χ1v) is 7.58. The van der Waals surface area contributed by atoms with E-state index in [0.29, 0.717) is 17.3 Å². The number of thiophene rings is 1. The molecule has 0 spiro atoms. The van der Waals surface area contributed by atoms with Crippen molar-refractivity contribution in [3.63, 3.8) is 0 Å². The van der Waals surface area contributed by atoms with Gasteiger partial charge in [-0.3, -0.25) is 5.32 Å². The van der Waals surface area contributed by atoms with E-state index in [1.807, 2.05) is 17.5 Å². The number of ether oxygens (including phenoxy) is 2. The normalized spacial score (nSPS) is 12.0. The molecular formula is C15H16ClNO3S. The van der Waals surface area contributed by atoms with E-state index in [-0.39, 0.29) is 5.97 Å². The molecule has 0 aliphatic carbocycles. The zero-order chi connectivity index (χ0) is 15.2. The van der Waals surface area contributed by atoms with E-state index in [1.165, 1.54) is 7.11 Å². The average molecular weight is 326 g/mol. The highest BCUT2D eigenvalue weighted by Crippen LogP contribution is 2.28. The maximum Gasteiger partial charge on any atom is 0.327 e. The smallest absolute Gasteiger partial charge is 0.327 e. The SMILES string of the molecule is COC(=O)C(NCc1cccs1)c1ccc(OC)c(Cl)c1. The standard InChI is InChI=1S/C15H16ClNO3S/c1-19-13-6-5-10(8-12(13)16)14(15(18)20-2)17-9-11-4-3-7-21-11/h3-8,14,17H,9H2,1-2H3. The van der Waals surface area contributed by atoms with Gasteiger partial charge in [0.25, 0.3) is 0 Å². The summed E-state index contributed by atoms with van der Waals surface area (Å²) < 4.78 is 9.98. The second kappa shape index (κ2) is 7.45. The van der Waals surface area contributed by atoms with Gasteiger partial charge < -0.3 is 9.47 Å². The number of halogens is 1. The van der Waals surface area contributed by atoms with Crippen molar-refractivity contribution < 1.29 is 14.3 Å². The summed E-state index contributed by atoms with van der Waals surface area (Å²) in [7, 11) is 2.92. The van der Waals surface area contributed by atoms with E-state index in [2.05, 4.69) is 5.32 Å². The highest BCUT2D eigenvalue weighted by molar-refractivity contribution is 7.09. The number of hydrogen-bond acceptors (Lipinski definition) is 5. The predicted molar refractivity (Wildman–Crippen MR) is 83.9 cm³/mol. The summed E-state index contributed by atoms with van der Waals surface area (Å²) in [6.45, 7) is 0.584. The number of esters is 1. The molecule has 0 aliphatic heterocycles. The third kappa shape index (κ3) is 3.97. The molecule has 112 valence electrons. The Morgan fingerprint density at radius 1 is 1.38 bits per heavy atom. The van der Waals surface area contributed by atoms with E-state index in [9.17, 15) is 4.79 Å². The van der Waals surface area contributed by atoms with Crippen LogP contribution in [0.25, 0.3) is 0 Å². The molecule has 0 bridgehead atoms. The monoisotopic (exact) mass is 325 g/mol. The molecule has 0 radical (unpaired) electrons. The van der Waals surface area contributed by atoms with Crippen molar-refractivity contribution in [1.82, 2.24) is 5.32 Å². The van der Waals surface area contributed by atoms with Gasteiger partial charge in [0, 0.05) is 11.4 Å². The van der Waals surface area contributed by atoms with Gasteiger partial charge in [0.1, 0.15) is 11.8 Å². The fourth-order valence-corrected chi connectivity index (χ4v) is 2.85. The Morgan fingerprint density at radius 3 is 2.76 bits per heavy atom. The van der Waals surface area contributed by atoms with Gasteiger partial charge in [0.15, 0.2) is 0 Å². The van der Waals surface area contributed by atoms with Crippen molar-refractivity contribution >= 4 is 28.9 Å². The van der Waals surface area contributed by atoms with Gasteiger partial charge >= 0.3 is 5.97 Å². The van der Waals surface area contributed by atoms with Crippen molar-refractivity contribution in [2.24, 2.45) is 0 Å². The van der Waals surface area contributed by atoms with Crippen LogP contribution in [0.15, 0.2) is 35.7 Å². The van der Waals surface area contributed by atoms with Gasteiger partial charge in [-0.05, 0) is 29.1 Å². The van der Waals surface area contributed by atoms with Crippen molar-refractivity contribution in [3.8, 4) is 5.75 Å². The highest BCUT2D eigenvalue weighted by Gasteiger charge is 2.22. The molecule has 4 nitrogen and oxygen atoms in total. The molecular weight excluding hydrogens is 310 g/mol. The summed E-state index contributed by atoms with van der Waals surface area (Å²) in [5, 5.41) is 5.64. The quantitative estimate of drug-likeness (QED) is 0.827. The molecule has 1 atom stereocenters. The number of carbonyl (C=O) groups is 1. The van der Waals surface area contributed by atoms with E-state index >= 15 is 0 Å². The molecule has 0 aliphatic rings. The molecule has 1 N–H and O–H groups in total. The molecule has 1 aromatic carbocycles. The molecule has 1 aromatic heterocycles. The Kier molecular flexibility index (Phi) is 5.61. The van der Waals surface area contributed by atoms with Crippen LogP contribution in [-0.2, 0) is 16.1 Å². The Bertz CT molecular complexity index is 601. The van der Waals surface area contributed by atoms with Gasteiger partial charge in [-0.25, -0.2) is 4.79 Å². The Labute approximate surface area is 132 Å². The minimum Gasteiger partial charge on any atom is -0.495 e. The molecule has 2 rings (SSSR count). The minimum absolute atomic E-state index is 0.354. The average Bonchev–Trinajstić information content (AvgIpc) is 3.00. The van der Waals surface area contributed by atoms with Gasteiger partial charge in [-0.1, -0.05) is 23.7 Å². The molecule has 0 amide bonds. The van der Waals surface area contributed by atoms with Crippen LogP contribution in [0.2, 0.25) is 5.02 Å². The second-order valence-electron chi connectivity index (χ2n) is 4.31. The van der Waals surface area contributed by atoms with E-state index in [1.54, 1.807) is 36.6 Å². The summed E-state index contributed by atoms with van der Waals surface area (Å²) in [5.74, 6) is 0.218. The lowest BCUT2D eigenvalue weighted by Crippen LogP contribution is -2.29. The van der Waals surface area contributed by atoms with E-state index in [0.717, 1.165) is 10.4 Å². The molecule has 2 aromatic rings. The minimum atomic E-state index is -0.569. The van der Waals surface area contributed by atoms with Crippen LogP contribution >= 0.6 is 22.9 Å². The summed E-state index contributed by atoms with van der Waals surface area (Å²) >= 11 is 7.75. The summed E-state index contributed by atoms with van der Waals surface area (Å²) in [6, 6.07) is 8.66. The van der Waals surface area contributed by atoms with E-state index in [4.69, 9.17) is 21.1 Å². The maximum absolute atomic E-state index is 12.0. The topological polar surface area (TPSA) is 47.6 Å². The highest BCUT2D eigenvalue weighted by atomic mass is 35.5. The maximum atomic E-state index is 12.0. The first-order chi connectivity index (χ1) is 10.2. The van der Waals surface area contributed by atoms with Crippen LogP contribution in [0.4, 0.5) is 0 Å². The fourth-order valence-electron chi connectivity index (χ4n) is 1.93. The summed E-state index contributed by atoms with van der Waals surface area (Å²) in [4.78, 5) is 13.1. The number of nitrogens with one attached hydrogen (secondary N) is 1. The second-order valence-corrected chi connectivity index (χ2v) is 5.75. The first kappa shape index (κ1) is 15.8. The lowest BCUT2D eigenvalue weighted by molar-refractivity contribution is -0.143. The molecule has 1 heterocycles. The van der Waals surface area contributed by atoms with Crippen molar-refractivity contribution in [1.29, 1.82) is 0 Å². The van der Waals surface area contributed by atoms with Crippen molar-refractivity contribution in [2.75, 3.05) is 14.2 Å². The Hall–Kier alpha value is -1.56. The molecule has 0 saturated heterocycles. The number of carbonyl (C=O) groups excluding carboxylic acids is 1. The third-order valence-corrected chi connectivity index (χ3v) is 4.18. The molecule has 1 unspecified atom stereocenters. The van der Waals surface area contributed by atoms with Crippen molar-refractivity contribution in [2.45, 2.75) is 12.6 Å². The largest absolute Gasteiger partial charge is 0.495 e. The lowest BCUT2D eigenvalue weighted by atomic mass is 10.1. The zero-order valence-corrected chi connectivity index (χ0v) is 13.3. The van der Waals surface area contributed by atoms with Gasteiger partial charge in [0.2, 0.25) is 0 Å². The third-order valence-electron chi connectivity index (χ3n) is 3.01. The molecule has 0 fully saturated rings. The van der Waals surface area contributed by atoms with Crippen LogP contribution in [0.5, 0.6) is 5.75 Å². The van der Waals surface area contributed by atoms with Gasteiger partial charge in [-0.15, -0.1) is 11.3 Å². The first-order valence-electron chi connectivity index (χ1n) is 6.32. The fraction of sp³-hybridized carbons (Fsp3) is 0.267. The van der Waals surface area contributed by atoms with Crippen LogP contribution in [-0.4, -0.2) is 20.2 Å². The summed E-state index contributed by atoms with van der Waals surface area (Å²) in [6.07, 6.45) is 0.